The van der Waals surface area contributed by atoms with E-state index in [1.54, 1.807) is 12.1 Å². The molecule has 0 unspecified atom stereocenters. The van der Waals surface area contributed by atoms with E-state index in [4.69, 9.17) is 9.98 Å². The van der Waals surface area contributed by atoms with Gasteiger partial charge in [-0.15, -0.1) is 0 Å². The lowest BCUT2D eigenvalue weighted by Gasteiger charge is -2.31. The molecule has 2 aromatic heterocycles. The van der Waals surface area contributed by atoms with Crippen molar-refractivity contribution in [2.24, 2.45) is 4.99 Å². The number of pyridine rings is 1. The Morgan fingerprint density at radius 2 is 1.71 bits per heavy atom. The number of nitrogens with one attached hydrogen (secondary N) is 1. The topological polar surface area (TPSA) is 73.3 Å². The maximum Gasteiger partial charge on any atom is 0.199 e. The summed E-state index contributed by atoms with van der Waals surface area (Å²) in [6, 6.07) is 21.0. The molecule has 0 bridgehead atoms. The number of aromatic amines is 1. The number of hydrogen-bond donors (Lipinski definition) is 1. The predicted molar refractivity (Wildman–Crippen MR) is 165 cm³/mol. The van der Waals surface area contributed by atoms with Gasteiger partial charge in [0.1, 0.15) is 23.2 Å². The van der Waals surface area contributed by atoms with Crippen molar-refractivity contribution in [1.82, 2.24) is 30.0 Å². The molecular formula is C34H34FN7. The van der Waals surface area contributed by atoms with Crippen molar-refractivity contribution in [2.45, 2.75) is 39.2 Å². The molecule has 0 saturated carbocycles. The van der Waals surface area contributed by atoms with E-state index in [2.05, 4.69) is 50.9 Å². The number of likely N-dealkylation sites (tertiary alicyclic amines) is 1. The highest BCUT2D eigenvalue weighted by Crippen LogP contribution is 2.30. The van der Waals surface area contributed by atoms with Crippen LogP contribution in [0.2, 0.25) is 0 Å². The molecule has 6 rings (SSSR count). The van der Waals surface area contributed by atoms with E-state index in [9.17, 15) is 4.39 Å². The summed E-state index contributed by atoms with van der Waals surface area (Å²) in [6.07, 6.45) is 7.92. The van der Waals surface area contributed by atoms with Crippen molar-refractivity contribution >= 4 is 11.3 Å². The highest BCUT2D eigenvalue weighted by Gasteiger charge is 2.24. The number of allylic oxidation sites excluding steroid dienone is 2. The average molecular weight is 560 g/mol. The van der Waals surface area contributed by atoms with Crippen LogP contribution < -0.4 is 0 Å². The number of aryl methyl sites for hydroxylation is 1. The Kier molecular flexibility index (Phi) is 7.88. The maximum absolute atomic E-state index is 13.7. The van der Waals surface area contributed by atoms with Crippen molar-refractivity contribution in [3.63, 3.8) is 0 Å². The van der Waals surface area contributed by atoms with Crippen LogP contribution in [0.15, 0.2) is 103 Å². The lowest BCUT2D eigenvalue weighted by molar-refractivity contribution is 0.202. The molecule has 1 fully saturated rings. The van der Waals surface area contributed by atoms with Gasteiger partial charge >= 0.3 is 0 Å². The van der Waals surface area contributed by atoms with E-state index >= 15 is 0 Å². The fraction of sp³-hybridized carbons (Fsp3) is 0.235. The molecule has 1 saturated heterocycles. The van der Waals surface area contributed by atoms with Crippen LogP contribution in [0.5, 0.6) is 0 Å². The number of aromatic nitrogens is 4. The highest BCUT2D eigenvalue weighted by molar-refractivity contribution is 6.32. The largest absolute Gasteiger partial charge is 0.309 e. The van der Waals surface area contributed by atoms with Gasteiger partial charge in [-0.25, -0.2) is 19.4 Å². The number of rotatable bonds is 7. The number of halogens is 1. The van der Waals surface area contributed by atoms with Crippen LogP contribution in [-0.2, 0) is 6.54 Å². The third kappa shape index (κ3) is 5.99. The summed E-state index contributed by atoms with van der Waals surface area (Å²) in [7, 11) is 0. The van der Waals surface area contributed by atoms with Gasteiger partial charge in [-0.2, -0.15) is 5.10 Å². The molecule has 212 valence electrons. The first-order valence-electron chi connectivity index (χ1n) is 14.3. The van der Waals surface area contributed by atoms with Crippen molar-refractivity contribution in [1.29, 1.82) is 0 Å². The summed E-state index contributed by atoms with van der Waals surface area (Å²) in [6.45, 7) is 10.9. The fourth-order valence-electron chi connectivity index (χ4n) is 5.50. The van der Waals surface area contributed by atoms with E-state index in [1.807, 2.05) is 55.4 Å². The molecule has 0 aliphatic carbocycles. The first kappa shape index (κ1) is 27.5. The van der Waals surface area contributed by atoms with E-state index in [0.717, 1.165) is 72.1 Å². The van der Waals surface area contributed by atoms with Gasteiger partial charge in [0.05, 0.1) is 5.71 Å². The van der Waals surface area contributed by atoms with Crippen molar-refractivity contribution in [2.75, 3.05) is 13.1 Å². The Morgan fingerprint density at radius 3 is 2.43 bits per heavy atom. The molecule has 8 heteroatoms. The second-order valence-electron chi connectivity index (χ2n) is 10.8. The second kappa shape index (κ2) is 12.0. The molecule has 0 spiro atoms. The van der Waals surface area contributed by atoms with E-state index < -0.39 is 0 Å². The zero-order valence-electron chi connectivity index (χ0n) is 24.0. The zero-order valence-corrected chi connectivity index (χ0v) is 24.0. The lowest BCUT2D eigenvalue weighted by Crippen LogP contribution is -2.32. The third-order valence-electron chi connectivity index (χ3n) is 7.76. The number of aliphatic imine (C=N–C) groups is 1. The van der Waals surface area contributed by atoms with Crippen LogP contribution in [0.25, 0.3) is 17.1 Å². The Morgan fingerprint density at radius 1 is 0.976 bits per heavy atom. The summed E-state index contributed by atoms with van der Waals surface area (Å²) in [5, 5.41) is 7.59. The normalized spacial score (nSPS) is 16.6. The minimum atomic E-state index is -0.262. The summed E-state index contributed by atoms with van der Waals surface area (Å²) < 4.78 is 13.7. The number of hydrogen-bond acceptors (Lipinski definition) is 6. The van der Waals surface area contributed by atoms with Crippen LogP contribution >= 0.6 is 0 Å². The molecule has 2 aliphatic heterocycles. The monoisotopic (exact) mass is 559 g/mol. The summed E-state index contributed by atoms with van der Waals surface area (Å²) >= 11 is 0. The minimum absolute atomic E-state index is 0.262. The van der Waals surface area contributed by atoms with Gasteiger partial charge in [0, 0.05) is 41.7 Å². The van der Waals surface area contributed by atoms with E-state index in [0.29, 0.717) is 17.6 Å². The van der Waals surface area contributed by atoms with Crippen molar-refractivity contribution < 1.29 is 4.39 Å². The Hall–Kier alpha value is -4.69. The van der Waals surface area contributed by atoms with Crippen LogP contribution in [0.4, 0.5) is 4.39 Å². The predicted octanol–water partition coefficient (Wildman–Crippen LogP) is 6.84. The van der Waals surface area contributed by atoms with E-state index in [1.165, 1.54) is 17.7 Å². The van der Waals surface area contributed by atoms with Gasteiger partial charge < -0.3 is 4.90 Å². The average Bonchev–Trinajstić information content (AvgIpc) is 3.50. The number of H-pyrrole nitrogens is 1. The van der Waals surface area contributed by atoms with Crippen LogP contribution in [0.3, 0.4) is 0 Å². The summed E-state index contributed by atoms with van der Waals surface area (Å²) in [5.41, 5.74) is 6.66. The fourth-order valence-corrected chi connectivity index (χ4v) is 5.50. The molecule has 4 aromatic rings. The third-order valence-corrected chi connectivity index (χ3v) is 7.76. The van der Waals surface area contributed by atoms with Gasteiger partial charge in [-0.05, 0) is 75.2 Å². The summed E-state index contributed by atoms with van der Waals surface area (Å²) in [4.78, 5) is 18.5. The second-order valence-corrected chi connectivity index (χ2v) is 10.8. The van der Waals surface area contributed by atoms with Gasteiger partial charge in [0.2, 0.25) is 0 Å². The van der Waals surface area contributed by atoms with Gasteiger partial charge in [-0.3, -0.25) is 10.00 Å². The Labute approximate surface area is 245 Å². The first-order valence-corrected chi connectivity index (χ1v) is 14.3. The molecule has 0 radical (unpaired) electrons. The molecule has 2 aliphatic rings. The Balaban J connectivity index is 1.11. The number of nitrogens with zero attached hydrogens (tertiary/aromatic N) is 6. The maximum atomic E-state index is 13.7. The Bertz CT molecular complexity index is 1660. The number of piperidine rings is 1. The molecule has 2 aromatic carbocycles. The smallest absolute Gasteiger partial charge is 0.199 e. The molecular weight excluding hydrogens is 525 g/mol. The molecule has 1 N–H and O–H groups in total. The molecule has 0 atom stereocenters. The first-order chi connectivity index (χ1) is 20.5. The van der Waals surface area contributed by atoms with Crippen LogP contribution in [0, 0.1) is 12.7 Å². The molecule has 7 nitrogen and oxygen atoms in total. The van der Waals surface area contributed by atoms with Crippen LogP contribution in [0.1, 0.15) is 53.9 Å². The lowest BCUT2D eigenvalue weighted by atomic mass is 9.94. The molecule has 42 heavy (non-hydrogen) atoms. The highest BCUT2D eigenvalue weighted by atomic mass is 19.1. The quantitative estimate of drug-likeness (QED) is 0.268. The molecule has 0 amide bonds. The van der Waals surface area contributed by atoms with Crippen molar-refractivity contribution in [3.05, 3.63) is 132 Å². The van der Waals surface area contributed by atoms with Gasteiger partial charge in [-0.1, -0.05) is 55.1 Å². The SMILES string of the molecule is C=C1N=C(c2ccc(CN3CCC(c4nc(-c5cccc(C)n5)n[nH]4)CC3)cc2)C(c2ccc(F)cc2)=CN1/C=C\C. The van der Waals surface area contributed by atoms with Gasteiger partial charge in [0.25, 0.3) is 0 Å². The van der Waals surface area contributed by atoms with Crippen LogP contribution in [-0.4, -0.2) is 48.8 Å². The van der Waals surface area contributed by atoms with Gasteiger partial charge in [0.15, 0.2) is 5.82 Å². The summed E-state index contributed by atoms with van der Waals surface area (Å²) in [5.74, 6) is 2.35. The number of benzene rings is 2. The minimum Gasteiger partial charge on any atom is -0.309 e. The van der Waals surface area contributed by atoms with Crippen molar-refractivity contribution in [3.8, 4) is 11.5 Å². The standard InChI is InChI=1S/C34H34FN7/c1-4-18-42-22-30(26-12-14-29(35)15-13-26)32(37-24(42)3)27-10-8-25(9-11-27)21-41-19-16-28(17-20-41)33-38-34(40-39-33)31-7-5-6-23(2)36-31/h4-15,18,22,28H,3,16-17,19-21H2,1-2H3,(H,38,39,40)/b18-4-. The zero-order chi connectivity index (χ0) is 29.1. The molecule has 4 heterocycles. The van der Waals surface area contributed by atoms with E-state index in [-0.39, 0.29) is 5.82 Å².